The van der Waals surface area contributed by atoms with Crippen molar-refractivity contribution < 1.29 is 14.3 Å². The Labute approximate surface area is 152 Å². The highest BCUT2D eigenvalue weighted by atomic mass is 16.5. The Morgan fingerprint density at radius 1 is 1.08 bits per heavy atom. The van der Waals surface area contributed by atoms with Crippen molar-refractivity contribution in [2.24, 2.45) is 0 Å². The number of benzene rings is 2. The highest BCUT2D eigenvalue weighted by molar-refractivity contribution is 6.01. The number of para-hydroxylation sites is 2. The molecule has 0 spiro atoms. The Morgan fingerprint density at radius 3 is 2.65 bits per heavy atom. The number of hydrogen-bond donors (Lipinski definition) is 2. The maximum Gasteiger partial charge on any atom is 0.319 e. The molecule has 6 nitrogen and oxygen atoms in total. The number of ether oxygens (including phenoxy) is 2. The van der Waals surface area contributed by atoms with E-state index in [1.807, 2.05) is 54.7 Å². The van der Waals surface area contributed by atoms with Crippen LogP contribution in [-0.4, -0.2) is 31.4 Å². The zero-order chi connectivity index (χ0) is 18.4. The van der Waals surface area contributed by atoms with Gasteiger partial charge in [-0.2, -0.15) is 0 Å². The van der Waals surface area contributed by atoms with Gasteiger partial charge in [0.1, 0.15) is 5.75 Å². The summed E-state index contributed by atoms with van der Waals surface area (Å²) in [5.41, 5.74) is 2.76. The molecule has 0 aliphatic heterocycles. The fourth-order valence-corrected chi connectivity index (χ4v) is 2.91. The first kappa shape index (κ1) is 17.8. The number of anilines is 1. The Kier molecular flexibility index (Phi) is 5.76. The Bertz CT molecular complexity index is 889. The molecule has 0 atom stereocenters. The number of aromatic nitrogens is 1. The van der Waals surface area contributed by atoms with E-state index in [4.69, 9.17) is 9.47 Å². The Hall–Kier alpha value is -2.99. The van der Waals surface area contributed by atoms with Crippen molar-refractivity contribution in [2.75, 3.05) is 26.1 Å². The number of carbonyl (C=O) groups excluding carboxylic acids is 1. The minimum absolute atomic E-state index is 0.259. The SMILES string of the molecule is COCCn1cc(NC(=O)NCc2ccccc2OC)c2ccccc21. The van der Waals surface area contributed by atoms with E-state index in [-0.39, 0.29) is 6.03 Å². The fourth-order valence-electron chi connectivity index (χ4n) is 2.91. The number of amides is 2. The molecule has 0 radical (unpaired) electrons. The van der Waals surface area contributed by atoms with Crippen molar-refractivity contribution >= 4 is 22.6 Å². The first-order valence-electron chi connectivity index (χ1n) is 8.46. The lowest BCUT2D eigenvalue weighted by atomic mass is 10.2. The normalized spacial score (nSPS) is 10.7. The average molecular weight is 353 g/mol. The maximum atomic E-state index is 12.4. The summed E-state index contributed by atoms with van der Waals surface area (Å²) in [7, 11) is 3.30. The van der Waals surface area contributed by atoms with E-state index in [1.54, 1.807) is 14.2 Å². The van der Waals surface area contributed by atoms with Gasteiger partial charge in [-0.3, -0.25) is 0 Å². The molecule has 0 aliphatic rings. The Balaban J connectivity index is 1.71. The minimum Gasteiger partial charge on any atom is -0.496 e. The summed E-state index contributed by atoms with van der Waals surface area (Å²) >= 11 is 0. The number of fused-ring (bicyclic) bond motifs is 1. The lowest BCUT2D eigenvalue weighted by Gasteiger charge is -2.10. The number of nitrogens with zero attached hydrogens (tertiary/aromatic N) is 1. The first-order chi connectivity index (χ1) is 12.7. The van der Waals surface area contributed by atoms with Crippen molar-refractivity contribution in [3.05, 3.63) is 60.3 Å². The van der Waals surface area contributed by atoms with Crippen LogP contribution in [-0.2, 0) is 17.8 Å². The number of carbonyl (C=O) groups is 1. The van der Waals surface area contributed by atoms with Gasteiger partial charge in [0, 0.05) is 37.3 Å². The number of urea groups is 1. The second-order valence-corrected chi connectivity index (χ2v) is 5.87. The predicted octanol–water partition coefficient (Wildman–Crippen LogP) is 3.62. The van der Waals surface area contributed by atoms with Gasteiger partial charge < -0.3 is 24.7 Å². The molecule has 0 fully saturated rings. The molecule has 0 unspecified atom stereocenters. The van der Waals surface area contributed by atoms with Crippen LogP contribution in [0.25, 0.3) is 10.9 Å². The third kappa shape index (κ3) is 3.97. The van der Waals surface area contributed by atoms with Crippen LogP contribution >= 0.6 is 0 Å². The standard InChI is InChI=1S/C20H23N3O3/c1-25-12-11-23-14-17(16-8-4-5-9-18(16)23)22-20(24)21-13-15-7-3-6-10-19(15)26-2/h3-10,14H,11-13H2,1-2H3,(H2,21,22,24). The molecule has 1 heterocycles. The van der Waals surface area contributed by atoms with E-state index in [0.717, 1.165) is 34.4 Å². The highest BCUT2D eigenvalue weighted by Gasteiger charge is 2.11. The topological polar surface area (TPSA) is 64.5 Å². The van der Waals surface area contributed by atoms with Crippen molar-refractivity contribution in [1.82, 2.24) is 9.88 Å². The second kappa shape index (κ2) is 8.40. The van der Waals surface area contributed by atoms with Gasteiger partial charge in [0.15, 0.2) is 0 Å². The van der Waals surface area contributed by atoms with Gasteiger partial charge in [0.25, 0.3) is 0 Å². The van der Waals surface area contributed by atoms with E-state index >= 15 is 0 Å². The van der Waals surface area contributed by atoms with Crippen molar-refractivity contribution in [1.29, 1.82) is 0 Å². The van der Waals surface area contributed by atoms with Crippen LogP contribution < -0.4 is 15.4 Å². The average Bonchev–Trinajstić information content (AvgIpc) is 3.02. The highest BCUT2D eigenvalue weighted by Crippen LogP contribution is 2.26. The summed E-state index contributed by atoms with van der Waals surface area (Å²) in [6.45, 7) is 1.72. The Morgan fingerprint density at radius 2 is 1.85 bits per heavy atom. The van der Waals surface area contributed by atoms with Crippen molar-refractivity contribution in [3.8, 4) is 5.75 Å². The van der Waals surface area contributed by atoms with Crippen LogP contribution in [0.1, 0.15) is 5.56 Å². The number of nitrogens with one attached hydrogen (secondary N) is 2. The van der Waals surface area contributed by atoms with Crippen LogP contribution in [0.3, 0.4) is 0 Å². The van der Waals surface area contributed by atoms with Gasteiger partial charge in [0.2, 0.25) is 0 Å². The van der Waals surface area contributed by atoms with Crippen LogP contribution in [0.5, 0.6) is 5.75 Å². The third-order valence-electron chi connectivity index (χ3n) is 4.21. The molecule has 3 aromatic rings. The molecule has 0 saturated carbocycles. The molecule has 0 saturated heterocycles. The molecule has 1 aromatic heterocycles. The summed E-state index contributed by atoms with van der Waals surface area (Å²) in [5, 5.41) is 6.81. The lowest BCUT2D eigenvalue weighted by Crippen LogP contribution is -2.28. The molecular weight excluding hydrogens is 330 g/mol. The number of rotatable bonds is 7. The molecular formula is C20H23N3O3. The molecule has 0 bridgehead atoms. The predicted molar refractivity (Wildman–Crippen MR) is 103 cm³/mol. The third-order valence-corrected chi connectivity index (χ3v) is 4.21. The molecule has 136 valence electrons. The van der Waals surface area contributed by atoms with E-state index in [0.29, 0.717) is 13.2 Å². The smallest absolute Gasteiger partial charge is 0.319 e. The quantitative estimate of drug-likeness (QED) is 0.682. The summed E-state index contributed by atoms with van der Waals surface area (Å²) in [6, 6.07) is 15.3. The van der Waals surface area contributed by atoms with Crippen molar-refractivity contribution in [3.63, 3.8) is 0 Å². The number of hydrogen-bond acceptors (Lipinski definition) is 3. The lowest BCUT2D eigenvalue weighted by molar-refractivity contribution is 0.188. The van der Waals surface area contributed by atoms with Gasteiger partial charge in [0.05, 0.1) is 24.9 Å². The fraction of sp³-hybridized carbons (Fsp3) is 0.250. The molecule has 3 rings (SSSR count). The molecule has 2 amide bonds. The molecule has 0 aliphatic carbocycles. The molecule has 2 N–H and O–H groups in total. The van der Waals surface area contributed by atoms with E-state index < -0.39 is 0 Å². The zero-order valence-electron chi connectivity index (χ0n) is 15.0. The van der Waals surface area contributed by atoms with Gasteiger partial charge in [-0.15, -0.1) is 0 Å². The van der Waals surface area contributed by atoms with E-state index in [2.05, 4.69) is 15.2 Å². The number of methoxy groups -OCH3 is 2. The van der Waals surface area contributed by atoms with Crippen molar-refractivity contribution in [2.45, 2.75) is 13.1 Å². The van der Waals surface area contributed by atoms with Crippen LogP contribution in [0.4, 0.5) is 10.5 Å². The van der Waals surface area contributed by atoms with E-state index in [9.17, 15) is 4.79 Å². The van der Waals surface area contributed by atoms with Crippen LogP contribution in [0.2, 0.25) is 0 Å². The monoisotopic (exact) mass is 353 g/mol. The van der Waals surface area contributed by atoms with Gasteiger partial charge in [-0.05, 0) is 12.1 Å². The van der Waals surface area contributed by atoms with Crippen LogP contribution in [0.15, 0.2) is 54.7 Å². The molecule has 26 heavy (non-hydrogen) atoms. The zero-order valence-corrected chi connectivity index (χ0v) is 15.0. The first-order valence-corrected chi connectivity index (χ1v) is 8.46. The summed E-state index contributed by atoms with van der Waals surface area (Å²) < 4.78 is 12.5. The van der Waals surface area contributed by atoms with Gasteiger partial charge in [-0.25, -0.2) is 4.79 Å². The summed E-state index contributed by atoms with van der Waals surface area (Å²) in [6.07, 6.45) is 1.94. The van der Waals surface area contributed by atoms with Gasteiger partial charge >= 0.3 is 6.03 Å². The van der Waals surface area contributed by atoms with Crippen LogP contribution in [0, 0.1) is 0 Å². The minimum atomic E-state index is -0.259. The van der Waals surface area contributed by atoms with E-state index in [1.165, 1.54) is 0 Å². The summed E-state index contributed by atoms with van der Waals surface area (Å²) in [5.74, 6) is 0.754. The maximum absolute atomic E-state index is 12.4. The summed E-state index contributed by atoms with van der Waals surface area (Å²) in [4.78, 5) is 12.4. The second-order valence-electron chi connectivity index (χ2n) is 5.87. The molecule has 6 heteroatoms. The largest absolute Gasteiger partial charge is 0.496 e. The van der Waals surface area contributed by atoms with Gasteiger partial charge in [-0.1, -0.05) is 36.4 Å². The molecule has 2 aromatic carbocycles.